The molecule has 1 aliphatic carbocycles. The maximum Gasteiger partial charge on any atom is 0.319 e. The van der Waals surface area contributed by atoms with Gasteiger partial charge in [0.25, 0.3) is 0 Å². The summed E-state index contributed by atoms with van der Waals surface area (Å²) < 4.78 is 31.4. The quantitative estimate of drug-likeness (QED) is 0.591. The Kier molecular flexibility index (Phi) is 4.18. The van der Waals surface area contributed by atoms with E-state index in [1.54, 1.807) is 0 Å². The summed E-state index contributed by atoms with van der Waals surface area (Å²) in [5.74, 6) is -1.31. The highest BCUT2D eigenvalue weighted by atomic mass is 31.1. The van der Waals surface area contributed by atoms with Gasteiger partial charge in [0.05, 0.1) is 0 Å². The zero-order chi connectivity index (χ0) is 12.5. The van der Waals surface area contributed by atoms with Gasteiger partial charge in [-0.15, -0.1) is 0 Å². The third-order valence-corrected chi connectivity index (χ3v) is 4.14. The monoisotopic (exact) mass is 283 g/mol. The van der Waals surface area contributed by atoms with Crippen molar-refractivity contribution in [1.29, 1.82) is 0 Å². The van der Waals surface area contributed by atoms with Crippen LogP contribution in [0.25, 0.3) is 0 Å². The fraction of sp³-hybridized carbons (Fsp3) is 0.875. The van der Waals surface area contributed by atoms with Crippen LogP contribution in [0.15, 0.2) is 4.99 Å². The minimum absolute atomic E-state index is 0.131. The zero-order valence-corrected chi connectivity index (χ0v) is 11.1. The molecule has 9 heteroatoms. The van der Waals surface area contributed by atoms with Crippen LogP contribution < -0.4 is 0 Å². The summed E-state index contributed by atoms with van der Waals surface area (Å²) in [7, 11) is -6.45. The molecule has 0 aromatic rings. The van der Waals surface area contributed by atoms with Crippen molar-refractivity contribution in [3.05, 3.63) is 0 Å². The van der Waals surface area contributed by atoms with Gasteiger partial charge in [0.1, 0.15) is 0 Å². The van der Waals surface area contributed by atoms with Crippen LogP contribution in [0.2, 0.25) is 0 Å². The molecule has 0 radical (unpaired) electrons. The van der Waals surface area contributed by atoms with Crippen LogP contribution in [0, 0.1) is 5.92 Å². The molecule has 0 spiro atoms. The van der Waals surface area contributed by atoms with Crippen molar-refractivity contribution in [1.82, 2.24) is 0 Å². The fourth-order valence-electron chi connectivity index (χ4n) is 2.49. The third-order valence-electron chi connectivity index (χ3n) is 3.05. The number of rotatable bonds is 4. The molecule has 1 fully saturated rings. The first kappa shape index (κ1) is 13.4. The highest BCUT2D eigenvalue weighted by Crippen LogP contribution is 2.48. The Morgan fingerprint density at radius 3 is 2.47 bits per heavy atom. The van der Waals surface area contributed by atoms with Crippen molar-refractivity contribution in [2.24, 2.45) is 10.9 Å². The lowest BCUT2D eigenvalue weighted by Gasteiger charge is -2.25. The molecular weight excluding hydrogens is 268 g/mol. The van der Waals surface area contributed by atoms with Crippen LogP contribution in [0.3, 0.4) is 0 Å². The first-order valence-electron chi connectivity index (χ1n) is 5.38. The Morgan fingerprint density at radius 2 is 1.94 bits per heavy atom. The van der Waals surface area contributed by atoms with Gasteiger partial charge in [-0.25, -0.2) is 0 Å². The van der Waals surface area contributed by atoms with Gasteiger partial charge in [-0.05, 0) is 12.8 Å². The normalized spacial score (nSPS) is 36.1. The van der Waals surface area contributed by atoms with E-state index in [4.69, 9.17) is 18.8 Å². The van der Waals surface area contributed by atoms with E-state index < -0.39 is 22.3 Å². The number of hydrogen-bond acceptors (Lipinski definition) is 5. The molecule has 1 heterocycles. The molecular formula is C8H15NO6P2. The molecule has 0 bridgehead atoms. The largest absolute Gasteiger partial charge is 0.326 e. The van der Waals surface area contributed by atoms with E-state index in [9.17, 15) is 9.13 Å². The highest BCUT2D eigenvalue weighted by molar-refractivity contribution is 7.33. The minimum atomic E-state index is -3.23. The average molecular weight is 283 g/mol. The summed E-state index contributed by atoms with van der Waals surface area (Å²) in [6.07, 6.45) is 2.38. The summed E-state index contributed by atoms with van der Waals surface area (Å²) in [5, 5.41) is 0. The van der Waals surface area contributed by atoms with Crippen LogP contribution >= 0.6 is 16.5 Å². The molecule has 2 N–H and O–H groups in total. The maximum atomic E-state index is 10.8. The molecule has 98 valence electrons. The van der Waals surface area contributed by atoms with Gasteiger partial charge in [0, 0.05) is 31.0 Å². The van der Waals surface area contributed by atoms with Crippen LogP contribution in [0.1, 0.15) is 25.7 Å². The Bertz CT molecular complexity index is 368. The number of nitrogens with zero attached hydrogens (tertiary/aromatic N) is 1. The smallest absolute Gasteiger partial charge is 0.319 e. The van der Waals surface area contributed by atoms with E-state index in [0.29, 0.717) is 6.42 Å². The topological polar surface area (TPSA) is 105 Å². The van der Waals surface area contributed by atoms with E-state index in [0.717, 1.165) is 25.1 Å². The van der Waals surface area contributed by atoms with Gasteiger partial charge in [0.2, 0.25) is 0 Å². The Balaban J connectivity index is 2.18. The predicted octanol–water partition coefficient (Wildman–Crippen LogP) is 1.12. The summed E-state index contributed by atoms with van der Waals surface area (Å²) in [6.45, 7) is 0.727. The summed E-state index contributed by atoms with van der Waals surface area (Å²) in [4.78, 5) is 22.0. The molecule has 3 atom stereocenters. The van der Waals surface area contributed by atoms with Crippen molar-refractivity contribution >= 4 is 22.2 Å². The lowest BCUT2D eigenvalue weighted by atomic mass is 9.97. The van der Waals surface area contributed by atoms with E-state index in [1.807, 2.05) is 0 Å². The van der Waals surface area contributed by atoms with E-state index >= 15 is 0 Å². The molecule has 0 aromatic carbocycles. The first-order valence-corrected chi connectivity index (χ1v) is 7.91. The van der Waals surface area contributed by atoms with Gasteiger partial charge >= 0.3 is 16.5 Å². The number of fused-ring (bicyclic) bond motifs is 1. The minimum Gasteiger partial charge on any atom is -0.326 e. The van der Waals surface area contributed by atoms with Gasteiger partial charge < -0.3 is 9.79 Å². The molecule has 0 amide bonds. The van der Waals surface area contributed by atoms with Crippen molar-refractivity contribution in [3.8, 4) is 0 Å². The SMILES string of the molecule is O=[PH](O)OC1(O[PH](=O)O)CC2=NCCC[C@@H]2C1. The molecule has 0 aromatic heterocycles. The fourth-order valence-corrected chi connectivity index (χ4v) is 3.61. The number of hydrogen-bond donors (Lipinski definition) is 2. The molecule has 2 rings (SSSR count). The molecule has 2 aliphatic rings. The van der Waals surface area contributed by atoms with E-state index in [1.165, 1.54) is 0 Å². The standard InChI is InChI=1S/C8H15NO6P2/c10-16(11)14-8(15-17(12)13)4-6-2-1-3-9-7(6)5-8/h6,16-17H,1-5H2,(H,10,11)(H,12,13)/t6-/m1/s1. The molecule has 1 saturated carbocycles. The van der Waals surface area contributed by atoms with Gasteiger partial charge in [-0.3, -0.25) is 23.2 Å². The summed E-state index contributed by atoms with van der Waals surface area (Å²) in [6, 6.07) is 0. The van der Waals surface area contributed by atoms with Gasteiger partial charge in [0.15, 0.2) is 5.79 Å². The summed E-state index contributed by atoms with van der Waals surface area (Å²) in [5.41, 5.74) is 0.864. The average Bonchev–Trinajstić information content (AvgIpc) is 2.52. The predicted molar refractivity (Wildman–Crippen MR) is 61.6 cm³/mol. The van der Waals surface area contributed by atoms with Crippen LogP contribution in [-0.4, -0.2) is 27.8 Å². The number of aliphatic imine (C=N–C) groups is 1. The van der Waals surface area contributed by atoms with Crippen LogP contribution in [0.4, 0.5) is 0 Å². The second-order valence-corrected chi connectivity index (χ2v) is 5.71. The molecule has 1 aliphatic heterocycles. The van der Waals surface area contributed by atoms with Crippen molar-refractivity contribution in [3.63, 3.8) is 0 Å². The maximum absolute atomic E-state index is 10.8. The van der Waals surface area contributed by atoms with Gasteiger partial charge in [-0.2, -0.15) is 0 Å². The van der Waals surface area contributed by atoms with Crippen LogP contribution in [0.5, 0.6) is 0 Å². The summed E-state index contributed by atoms with van der Waals surface area (Å²) >= 11 is 0. The Labute approximate surface area is 99.7 Å². The molecule has 7 nitrogen and oxygen atoms in total. The first-order chi connectivity index (χ1) is 8.01. The molecule has 17 heavy (non-hydrogen) atoms. The molecule has 2 unspecified atom stereocenters. The third kappa shape index (κ3) is 3.25. The highest BCUT2D eigenvalue weighted by Gasteiger charge is 2.48. The lowest BCUT2D eigenvalue weighted by molar-refractivity contribution is -0.108. The van der Waals surface area contributed by atoms with Crippen molar-refractivity contribution in [2.45, 2.75) is 31.5 Å². The van der Waals surface area contributed by atoms with Crippen molar-refractivity contribution < 1.29 is 28.0 Å². The van der Waals surface area contributed by atoms with Gasteiger partial charge in [-0.1, -0.05) is 0 Å². The Hall–Kier alpha value is -0.0300. The zero-order valence-electron chi connectivity index (χ0n) is 9.09. The Morgan fingerprint density at radius 1 is 1.29 bits per heavy atom. The second-order valence-electron chi connectivity index (χ2n) is 4.24. The van der Waals surface area contributed by atoms with Crippen molar-refractivity contribution in [2.75, 3.05) is 6.54 Å². The van der Waals surface area contributed by atoms with E-state index in [-0.39, 0.29) is 12.3 Å². The molecule has 0 saturated heterocycles. The lowest BCUT2D eigenvalue weighted by Crippen LogP contribution is -2.28. The van der Waals surface area contributed by atoms with Crippen LogP contribution in [-0.2, 0) is 18.2 Å². The van der Waals surface area contributed by atoms with E-state index in [2.05, 4.69) is 4.99 Å². The second kappa shape index (κ2) is 5.31.